The summed E-state index contributed by atoms with van der Waals surface area (Å²) in [6.45, 7) is 0. The minimum atomic E-state index is -0.576. The van der Waals surface area contributed by atoms with Crippen molar-refractivity contribution in [2.24, 2.45) is 5.73 Å². The lowest BCUT2D eigenvalue weighted by molar-refractivity contribution is -0.118. The van der Waals surface area contributed by atoms with Gasteiger partial charge < -0.3 is 5.73 Å². The molecular weight excluding hydrogens is 260 g/mol. The molecule has 1 unspecified atom stereocenters. The number of Topliss-reactive ketones (excluding diaryl/α,β-unsaturated/α-hetero) is 1. The smallest absolute Gasteiger partial charge is 0.139 e. The van der Waals surface area contributed by atoms with Gasteiger partial charge in [0.2, 0.25) is 0 Å². The molecule has 0 heterocycles. The number of hydrogen-bond donors (Lipinski definition) is 1. The molecule has 2 aromatic rings. The van der Waals surface area contributed by atoms with Gasteiger partial charge in [0, 0.05) is 18.9 Å². The molecule has 0 bridgehead atoms. The van der Waals surface area contributed by atoms with Gasteiger partial charge in [-0.25, -0.2) is 8.78 Å². The Labute approximate surface area is 116 Å². The Morgan fingerprint density at radius 3 is 2.50 bits per heavy atom. The zero-order valence-corrected chi connectivity index (χ0v) is 10.9. The molecule has 0 amide bonds. The van der Waals surface area contributed by atoms with Crippen LogP contribution in [0.3, 0.4) is 0 Å². The first-order valence-electron chi connectivity index (χ1n) is 6.32. The van der Waals surface area contributed by atoms with Gasteiger partial charge >= 0.3 is 0 Å². The van der Waals surface area contributed by atoms with Gasteiger partial charge in [-0.15, -0.1) is 0 Å². The number of hydrogen-bond acceptors (Lipinski definition) is 2. The highest BCUT2D eigenvalue weighted by molar-refractivity contribution is 5.81. The van der Waals surface area contributed by atoms with Crippen LogP contribution < -0.4 is 5.73 Å². The molecule has 0 saturated carbocycles. The molecule has 0 saturated heterocycles. The van der Waals surface area contributed by atoms with Crippen LogP contribution >= 0.6 is 0 Å². The Morgan fingerprint density at radius 1 is 1.10 bits per heavy atom. The van der Waals surface area contributed by atoms with Crippen LogP contribution in [-0.4, -0.2) is 5.78 Å². The summed E-state index contributed by atoms with van der Waals surface area (Å²) in [5.41, 5.74) is 6.84. The number of ketones is 1. The van der Waals surface area contributed by atoms with Gasteiger partial charge in [-0.2, -0.15) is 0 Å². The van der Waals surface area contributed by atoms with Crippen LogP contribution in [-0.2, 0) is 11.2 Å². The average molecular weight is 275 g/mol. The number of nitrogens with two attached hydrogens (primary N) is 1. The number of halogens is 2. The molecule has 20 heavy (non-hydrogen) atoms. The third kappa shape index (κ3) is 3.71. The fourth-order valence-electron chi connectivity index (χ4n) is 2.03. The highest BCUT2D eigenvalue weighted by Gasteiger charge is 2.14. The molecule has 0 aromatic heterocycles. The van der Waals surface area contributed by atoms with E-state index in [0.717, 1.165) is 23.8 Å². The van der Waals surface area contributed by atoms with E-state index in [1.54, 1.807) is 0 Å². The normalized spacial score (nSPS) is 12.2. The lowest BCUT2D eigenvalue weighted by Gasteiger charge is -2.11. The van der Waals surface area contributed by atoms with Gasteiger partial charge in [0.25, 0.3) is 0 Å². The van der Waals surface area contributed by atoms with Crippen LogP contribution in [0.15, 0.2) is 48.5 Å². The van der Waals surface area contributed by atoms with Crippen molar-refractivity contribution >= 4 is 5.78 Å². The molecule has 0 fully saturated rings. The van der Waals surface area contributed by atoms with E-state index in [0.29, 0.717) is 0 Å². The molecule has 2 N–H and O–H groups in total. The van der Waals surface area contributed by atoms with Crippen LogP contribution in [0.2, 0.25) is 0 Å². The van der Waals surface area contributed by atoms with Gasteiger partial charge in [-0.3, -0.25) is 4.79 Å². The quantitative estimate of drug-likeness (QED) is 0.910. The predicted octanol–water partition coefficient (Wildman–Crippen LogP) is 3.17. The first kappa shape index (κ1) is 14.3. The second-order valence-corrected chi connectivity index (χ2v) is 4.67. The van der Waals surface area contributed by atoms with E-state index in [1.807, 2.05) is 30.3 Å². The molecular formula is C16H15F2NO. The second-order valence-electron chi connectivity index (χ2n) is 4.67. The SMILES string of the molecule is NC(CC(=O)Cc1cc(F)ccc1F)c1ccccc1. The first-order valence-corrected chi connectivity index (χ1v) is 6.32. The van der Waals surface area contributed by atoms with Crippen molar-refractivity contribution < 1.29 is 13.6 Å². The van der Waals surface area contributed by atoms with Gasteiger partial charge in [0.1, 0.15) is 17.4 Å². The number of carbonyl (C=O) groups is 1. The van der Waals surface area contributed by atoms with Gasteiger partial charge in [-0.1, -0.05) is 30.3 Å². The van der Waals surface area contributed by atoms with Crippen molar-refractivity contribution in [3.8, 4) is 0 Å². The van der Waals surface area contributed by atoms with Crippen LogP contribution in [0.25, 0.3) is 0 Å². The van der Waals surface area contributed by atoms with E-state index in [9.17, 15) is 13.6 Å². The summed E-state index contributed by atoms with van der Waals surface area (Å²) >= 11 is 0. The van der Waals surface area contributed by atoms with E-state index in [4.69, 9.17) is 5.73 Å². The highest BCUT2D eigenvalue weighted by atomic mass is 19.1. The Balaban J connectivity index is 2.01. The molecule has 1 atom stereocenters. The van der Waals surface area contributed by atoms with Crippen LogP contribution in [0.1, 0.15) is 23.6 Å². The Bertz CT molecular complexity index is 599. The van der Waals surface area contributed by atoms with Gasteiger partial charge in [0.05, 0.1) is 0 Å². The summed E-state index contributed by atoms with van der Waals surface area (Å²) in [5.74, 6) is -1.35. The summed E-state index contributed by atoms with van der Waals surface area (Å²) in [5, 5.41) is 0. The van der Waals surface area contributed by atoms with Gasteiger partial charge in [0.15, 0.2) is 0 Å². The van der Waals surface area contributed by atoms with Crippen molar-refractivity contribution in [3.63, 3.8) is 0 Å². The molecule has 2 rings (SSSR count). The highest BCUT2D eigenvalue weighted by Crippen LogP contribution is 2.16. The number of rotatable bonds is 5. The molecule has 0 spiro atoms. The van der Waals surface area contributed by atoms with Crippen molar-refractivity contribution in [1.29, 1.82) is 0 Å². The van der Waals surface area contributed by atoms with Crippen molar-refractivity contribution in [2.75, 3.05) is 0 Å². The summed E-state index contributed by atoms with van der Waals surface area (Å²) in [7, 11) is 0. The molecule has 0 radical (unpaired) electrons. The van der Waals surface area contributed by atoms with Crippen LogP contribution in [0.5, 0.6) is 0 Å². The molecule has 2 nitrogen and oxygen atoms in total. The van der Waals surface area contributed by atoms with E-state index in [2.05, 4.69) is 0 Å². The van der Waals surface area contributed by atoms with Crippen molar-refractivity contribution in [3.05, 3.63) is 71.3 Å². The average Bonchev–Trinajstić information content (AvgIpc) is 2.43. The lowest BCUT2D eigenvalue weighted by atomic mass is 9.98. The Hall–Kier alpha value is -2.07. The third-order valence-electron chi connectivity index (χ3n) is 3.07. The van der Waals surface area contributed by atoms with E-state index in [1.165, 1.54) is 0 Å². The van der Waals surface area contributed by atoms with E-state index >= 15 is 0 Å². The fourth-order valence-corrected chi connectivity index (χ4v) is 2.03. The first-order chi connectivity index (χ1) is 9.56. The molecule has 104 valence electrons. The zero-order chi connectivity index (χ0) is 14.5. The maximum Gasteiger partial charge on any atom is 0.139 e. The standard InChI is InChI=1S/C16H15F2NO/c17-13-6-7-15(18)12(8-13)9-14(20)10-16(19)11-4-2-1-3-5-11/h1-8,16H,9-10,19H2. The third-order valence-corrected chi connectivity index (χ3v) is 3.07. The second kappa shape index (κ2) is 6.39. The van der Waals surface area contributed by atoms with Crippen molar-refractivity contribution in [1.82, 2.24) is 0 Å². The van der Waals surface area contributed by atoms with Crippen LogP contribution in [0.4, 0.5) is 8.78 Å². The summed E-state index contributed by atoms with van der Waals surface area (Å²) in [6, 6.07) is 11.9. The largest absolute Gasteiger partial charge is 0.324 e. The summed E-state index contributed by atoms with van der Waals surface area (Å²) in [4.78, 5) is 11.9. The molecule has 0 aliphatic heterocycles. The molecule has 2 aromatic carbocycles. The monoisotopic (exact) mass is 275 g/mol. The topological polar surface area (TPSA) is 43.1 Å². The maximum absolute atomic E-state index is 13.4. The van der Waals surface area contributed by atoms with Crippen LogP contribution in [0, 0.1) is 11.6 Å². The molecule has 0 aliphatic carbocycles. The fraction of sp³-hybridized carbons (Fsp3) is 0.188. The van der Waals surface area contributed by atoms with Gasteiger partial charge in [-0.05, 0) is 29.3 Å². The van der Waals surface area contributed by atoms with E-state index in [-0.39, 0.29) is 24.2 Å². The predicted molar refractivity (Wildman–Crippen MR) is 73.1 cm³/mol. The lowest BCUT2D eigenvalue weighted by Crippen LogP contribution is -2.17. The minimum absolute atomic E-state index is 0.0651. The molecule has 0 aliphatic rings. The number of benzene rings is 2. The molecule has 4 heteroatoms. The Morgan fingerprint density at radius 2 is 1.80 bits per heavy atom. The summed E-state index contributed by atoms with van der Waals surface area (Å²) < 4.78 is 26.5. The summed E-state index contributed by atoms with van der Waals surface area (Å²) in [6.07, 6.45) is -0.0515. The zero-order valence-electron chi connectivity index (χ0n) is 10.9. The van der Waals surface area contributed by atoms with E-state index < -0.39 is 17.7 Å². The number of carbonyl (C=O) groups excluding carboxylic acids is 1. The maximum atomic E-state index is 13.4. The minimum Gasteiger partial charge on any atom is -0.324 e. The Kier molecular flexibility index (Phi) is 4.58. The van der Waals surface area contributed by atoms with Crippen molar-refractivity contribution in [2.45, 2.75) is 18.9 Å².